The van der Waals surface area contributed by atoms with Crippen molar-refractivity contribution in [3.63, 3.8) is 0 Å². The van der Waals surface area contributed by atoms with Crippen LogP contribution in [0.4, 0.5) is 0 Å². The summed E-state index contributed by atoms with van der Waals surface area (Å²) in [6, 6.07) is 0. The third-order valence-corrected chi connectivity index (χ3v) is 4.02. The predicted octanol–water partition coefficient (Wildman–Crippen LogP) is 2.91. The molecule has 0 aliphatic rings. The van der Waals surface area contributed by atoms with Crippen molar-refractivity contribution in [2.45, 2.75) is 33.5 Å². The van der Waals surface area contributed by atoms with Gasteiger partial charge in [-0.2, -0.15) is 4.31 Å². The number of hydrogen-bond donors (Lipinski definition) is 3. The first-order chi connectivity index (χ1) is 9.73. The molecule has 0 radical (unpaired) electrons. The molecule has 0 rings (SSSR count). The van der Waals surface area contributed by atoms with E-state index in [0.717, 1.165) is 5.57 Å². The molecule has 9 heteroatoms. The quantitative estimate of drug-likeness (QED) is 0.466. The first-order valence-corrected chi connectivity index (χ1v) is 8.32. The van der Waals surface area contributed by atoms with Crippen molar-refractivity contribution in [2.75, 3.05) is 6.61 Å². The molecule has 1 unspecified atom stereocenters. The topological polar surface area (TPSA) is 113 Å². The summed E-state index contributed by atoms with van der Waals surface area (Å²) in [5, 5.41) is 0. The first-order valence-electron chi connectivity index (χ1n) is 6.80. The summed E-state index contributed by atoms with van der Waals surface area (Å²) in [6.45, 7) is 0.719. The van der Waals surface area contributed by atoms with Crippen molar-refractivity contribution in [3.05, 3.63) is 23.3 Å². The second kappa shape index (κ2) is 8.12. The molecule has 0 heterocycles. The van der Waals surface area contributed by atoms with Crippen LogP contribution in [0, 0.1) is 0 Å². The second-order valence-corrected chi connectivity index (χ2v) is 6.64. The van der Waals surface area contributed by atoms with Gasteiger partial charge >= 0.3 is 15.6 Å². The van der Waals surface area contributed by atoms with Gasteiger partial charge in [0.2, 0.25) is 0 Å². The molecule has 0 saturated carbocycles. The lowest BCUT2D eigenvalue weighted by molar-refractivity contribution is 0.191. The molecule has 1 atom stereocenters. The number of phosphoric ester groups is 1. The molecule has 0 amide bonds. The standard InChI is InChI=1S/C10H20O7P2/c1-9(2)5-4-6-10(3)7-8-16-19(14,15)17-18(11,12)13/h5,7H,4,6,8H2,1-3H3,(H,14,15)(H2,11,12,13)/b10-7+/i1D3/b9-5+,10-7+. The Kier molecular flexibility index (Phi) is 5.86. The molecule has 0 bridgehead atoms. The highest BCUT2D eigenvalue weighted by atomic mass is 31.3. The maximum absolute atomic E-state index is 11.1. The van der Waals surface area contributed by atoms with Crippen molar-refractivity contribution < 1.29 is 36.8 Å². The average molecular weight is 317 g/mol. The van der Waals surface area contributed by atoms with E-state index in [0.29, 0.717) is 12.8 Å². The van der Waals surface area contributed by atoms with Gasteiger partial charge in [-0.25, -0.2) is 9.13 Å². The molecule has 0 aromatic rings. The number of hydrogen-bond acceptors (Lipinski definition) is 4. The Morgan fingerprint density at radius 3 is 2.42 bits per heavy atom. The summed E-state index contributed by atoms with van der Waals surface area (Å²) < 4.78 is 51.1. The lowest BCUT2D eigenvalue weighted by Gasteiger charge is -2.11. The van der Waals surface area contributed by atoms with Crippen LogP contribution in [0.25, 0.3) is 0 Å². The molecule has 0 aromatic heterocycles. The van der Waals surface area contributed by atoms with Gasteiger partial charge in [0.1, 0.15) is 0 Å². The smallest absolute Gasteiger partial charge is 0.302 e. The Hall–Kier alpha value is -0.260. The van der Waals surface area contributed by atoms with Crippen LogP contribution in [0.5, 0.6) is 0 Å². The Balaban J connectivity index is 4.31. The highest BCUT2D eigenvalue weighted by Gasteiger charge is 2.31. The maximum Gasteiger partial charge on any atom is 0.481 e. The van der Waals surface area contributed by atoms with E-state index in [1.165, 1.54) is 13.0 Å². The van der Waals surface area contributed by atoms with Gasteiger partial charge in [0.25, 0.3) is 0 Å². The molecule has 0 fully saturated rings. The summed E-state index contributed by atoms with van der Waals surface area (Å²) in [7, 11) is -9.94. The van der Waals surface area contributed by atoms with E-state index in [-0.39, 0.29) is 12.2 Å². The highest BCUT2D eigenvalue weighted by Crippen LogP contribution is 2.57. The fourth-order valence-electron chi connectivity index (χ4n) is 1.05. The lowest BCUT2D eigenvalue weighted by Crippen LogP contribution is -1.94. The van der Waals surface area contributed by atoms with Crippen LogP contribution in [-0.2, 0) is 18.0 Å². The molecule has 3 N–H and O–H groups in total. The van der Waals surface area contributed by atoms with E-state index < -0.39 is 22.5 Å². The third kappa shape index (κ3) is 12.5. The van der Waals surface area contributed by atoms with Gasteiger partial charge in [-0.15, -0.1) is 0 Å². The maximum atomic E-state index is 11.1. The zero-order valence-electron chi connectivity index (χ0n) is 13.6. The van der Waals surface area contributed by atoms with Crippen LogP contribution in [0.2, 0.25) is 0 Å². The van der Waals surface area contributed by atoms with Gasteiger partial charge in [0.15, 0.2) is 0 Å². The molecule has 7 nitrogen and oxygen atoms in total. The van der Waals surface area contributed by atoms with E-state index in [4.69, 9.17) is 18.8 Å². The molecule has 0 aliphatic heterocycles. The first kappa shape index (κ1) is 13.7. The Bertz CT molecular complexity index is 521. The molecule has 0 aliphatic carbocycles. The summed E-state index contributed by atoms with van der Waals surface area (Å²) >= 11 is 0. The average Bonchev–Trinajstić information content (AvgIpc) is 2.23. The largest absolute Gasteiger partial charge is 0.481 e. The minimum atomic E-state index is -5.12. The number of allylic oxidation sites excluding steroid dienone is 3. The van der Waals surface area contributed by atoms with Gasteiger partial charge in [-0.3, -0.25) is 4.52 Å². The fourth-order valence-corrected chi connectivity index (χ4v) is 2.58. The van der Waals surface area contributed by atoms with Crippen LogP contribution in [0.1, 0.15) is 37.7 Å². The van der Waals surface area contributed by atoms with Crippen molar-refractivity contribution in [1.82, 2.24) is 0 Å². The molecule has 0 spiro atoms. The Morgan fingerprint density at radius 2 is 1.89 bits per heavy atom. The minimum Gasteiger partial charge on any atom is -0.302 e. The van der Waals surface area contributed by atoms with Gasteiger partial charge < -0.3 is 14.7 Å². The monoisotopic (exact) mass is 317 g/mol. The van der Waals surface area contributed by atoms with Gasteiger partial charge in [0, 0.05) is 4.11 Å². The lowest BCUT2D eigenvalue weighted by atomic mass is 10.1. The van der Waals surface area contributed by atoms with E-state index in [9.17, 15) is 9.13 Å². The summed E-state index contributed by atoms with van der Waals surface area (Å²) in [6.07, 6.45) is 4.00. The van der Waals surface area contributed by atoms with Crippen LogP contribution >= 0.6 is 15.6 Å². The van der Waals surface area contributed by atoms with E-state index in [2.05, 4.69) is 8.83 Å². The van der Waals surface area contributed by atoms with Crippen LogP contribution in [-0.4, -0.2) is 21.3 Å². The van der Waals surface area contributed by atoms with Crippen LogP contribution in [0.3, 0.4) is 0 Å². The summed E-state index contributed by atoms with van der Waals surface area (Å²) in [5.41, 5.74) is 1.04. The van der Waals surface area contributed by atoms with E-state index in [1.807, 2.05) is 0 Å². The molecule has 0 aromatic carbocycles. The zero-order valence-corrected chi connectivity index (χ0v) is 12.4. The van der Waals surface area contributed by atoms with Crippen LogP contribution < -0.4 is 0 Å². The summed E-state index contributed by atoms with van der Waals surface area (Å²) in [4.78, 5) is 25.8. The predicted molar refractivity (Wildman–Crippen MR) is 71.3 cm³/mol. The number of rotatable bonds is 8. The Labute approximate surface area is 117 Å². The van der Waals surface area contributed by atoms with Crippen molar-refractivity contribution in [1.29, 1.82) is 0 Å². The van der Waals surface area contributed by atoms with Crippen LogP contribution in [0.15, 0.2) is 23.3 Å². The summed E-state index contributed by atoms with van der Waals surface area (Å²) in [5.74, 6) is 0. The highest BCUT2D eigenvalue weighted by molar-refractivity contribution is 7.60. The number of phosphoric acid groups is 2. The normalized spacial score (nSPS) is 20.4. The van der Waals surface area contributed by atoms with Crippen molar-refractivity contribution >= 4 is 15.6 Å². The van der Waals surface area contributed by atoms with E-state index in [1.54, 1.807) is 13.0 Å². The van der Waals surface area contributed by atoms with E-state index >= 15 is 0 Å². The molecule has 112 valence electrons. The van der Waals surface area contributed by atoms with Crippen molar-refractivity contribution in [2.24, 2.45) is 0 Å². The molecular weight excluding hydrogens is 294 g/mol. The zero-order chi connectivity index (χ0) is 17.6. The Morgan fingerprint density at radius 1 is 1.26 bits per heavy atom. The molecular formula is C10H20O7P2. The fraction of sp³-hybridized carbons (Fsp3) is 0.600. The third-order valence-electron chi connectivity index (χ3n) is 1.87. The van der Waals surface area contributed by atoms with Crippen molar-refractivity contribution in [3.8, 4) is 0 Å². The van der Waals surface area contributed by atoms with Gasteiger partial charge in [0.05, 0.1) is 6.61 Å². The molecule has 19 heavy (non-hydrogen) atoms. The minimum absolute atomic E-state index is 0.284. The SMILES string of the molecule is [2H]C([2H])([2H])/C(C)=C\CC/C(C)=C/COP(=O)(O)OP(=O)(O)O. The van der Waals surface area contributed by atoms with Gasteiger partial charge in [-0.05, 0) is 33.5 Å². The van der Waals surface area contributed by atoms with Gasteiger partial charge in [-0.1, -0.05) is 23.3 Å². The molecule has 0 saturated heterocycles. The second-order valence-electron chi connectivity index (χ2n) is 3.81.